The molecule has 1 aliphatic heterocycles. The predicted molar refractivity (Wildman–Crippen MR) is 58.8 cm³/mol. The SMILES string of the molecule is CC(C)N1CCc2ncccc2NC1=O. The van der Waals surface area contributed by atoms with E-state index in [4.69, 9.17) is 0 Å². The van der Waals surface area contributed by atoms with Gasteiger partial charge in [-0.3, -0.25) is 4.98 Å². The zero-order valence-electron chi connectivity index (χ0n) is 9.03. The maximum Gasteiger partial charge on any atom is 0.322 e. The third kappa shape index (κ3) is 1.93. The largest absolute Gasteiger partial charge is 0.322 e. The average Bonchev–Trinajstić information content (AvgIpc) is 2.35. The van der Waals surface area contributed by atoms with Crippen molar-refractivity contribution in [3.63, 3.8) is 0 Å². The first-order valence-electron chi connectivity index (χ1n) is 5.20. The molecule has 2 rings (SSSR count). The molecule has 0 saturated carbocycles. The lowest BCUT2D eigenvalue weighted by atomic mass is 10.2. The number of nitrogens with one attached hydrogen (secondary N) is 1. The van der Waals surface area contributed by atoms with Gasteiger partial charge in [0.2, 0.25) is 0 Å². The number of carbonyl (C=O) groups is 1. The number of pyridine rings is 1. The average molecular weight is 205 g/mol. The normalized spacial score (nSPS) is 15.9. The first kappa shape index (κ1) is 9.96. The van der Waals surface area contributed by atoms with Gasteiger partial charge < -0.3 is 10.2 Å². The summed E-state index contributed by atoms with van der Waals surface area (Å²) in [4.78, 5) is 17.9. The minimum Gasteiger partial charge on any atom is -0.322 e. The van der Waals surface area contributed by atoms with Crippen LogP contribution >= 0.6 is 0 Å². The Kier molecular flexibility index (Phi) is 2.58. The zero-order valence-corrected chi connectivity index (χ0v) is 9.03. The molecule has 1 aromatic rings. The van der Waals surface area contributed by atoms with Gasteiger partial charge in [-0.15, -0.1) is 0 Å². The number of hydrogen-bond acceptors (Lipinski definition) is 2. The van der Waals surface area contributed by atoms with Gasteiger partial charge in [0.05, 0.1) is 11.4 Å². The van der Waals surface area contributed by atoms with E-state index in [1.54, 1.807) is 6.20 Å². The number of urea groups is 1. The number of aromatic nitrogens is 1. The van der Waals surface area contributed by atoms with Crippen molar-refractivity contribution in [2.75, 3.05) is 11.9 Å². The van der Waals surface area contributed by atoms with Gasteiger partial charge in [0.15, 0.2) is 0 Å². The monoisotopic (exact) mass is 205 g/mol. The summed E-state index contributed by atoms with van der Waals surface area (Å²) >= 11 is 0. The molecule has 0 atom stereocenters. The van der Waals surface area contributed by atoms with E-state index in [1.165, 1.54) is 0 Å². The highest BCUT2D eigenvalue weighted by molar-refractivity contribution is 5.90. The van der Waals surface area contributed by atoms with Crippen molar-refractivity contribution in [2.24, 2.45) is 0 Å². The highest BCUT2D eigenvalue weighted by Crippen LogP contribution is 2.18. The fraction of sp³-hybridized carbons (Fsp3) is 0.455. The quantitative estimate of drug-likeness (QED) is 0.760. The van der Waals surface area contributed by atoms with Crippen LogP contribution in [-0.2, 0) is 6.42 Å². The molecule has 4 heteroatoms. The molecule has 1 aromatic heterocycles. The van der Waals surface area contributed by atoms with Gasteiger partial charge in [-0.2, -0.15) is 0 Å². The second kappa shape index (κ2) is 3.88. The third-order valence-electron chi connectivity index (χ3n) is 2.61. The summed E-state index contributed by atoms with van der Waals surface area (Å²) in [5, 5.41) is 2.88. The van der Waals surface area contributed by atoms with Gasteiger partial charge in [-0.1, -0.05) is 0 Å². The first-order chi connectivity index (χ1) is 7.18. The van der Waals surface area contributed by atoms with E-state index < -0.39 is 0 Å². The summed E-state index contributed by atoms with van der Waals surface area (Å²) < 4.78 is 0. The predicted octanol–water partition coefficient (Wildman–Crippen LogP) is 1.88. The van der Waals surface area contributed by atoms with Crippen LogP contribution in [0.2, 0.25) is 0 Å². The standard InChI is InChI=1S/C11H15N3O/c1-8(2)14-7-5-9-10(13-11(14)15)4-3-6-12-9/h3-4,6,8H,5,7H2,1-2H3,(H,13,15). The van der Waals surface area contributed by atoms with Crippen LogP contribution in [0.25, 0.3) is 0 Å². The number of hydrogen-bond donors (Lipinski definition) is 1. The van der Waals surface area contributed by atoms with E-state index in [0.29, 0.717) is 0 Å². The number of fused-ring (bicyclic) bond motifs is 1. The number of nitrogens with zero attached hydrogens (tertiary/aromatic N) is 2. The molecule has 4 nitrogen and oxygen atoms in total. The molecule has 0 aromatic carbocycles. The molecule has 0 aliphatic carbocycles. The van der Waals surface area contributed by atoms with Gasteiger partial charge in [0, 0.05) is 25.2 Å². The second-order valence-electron chi connectivity index (χ2n) is 3.96. The van der Waals surface area contributed by atoms with Gasteiger partial charge >= 0.3 is 6.03 Å². The van der Waals surface area contributed by atoms with Crippen molar-refractivity contribution in [2.45, 2.75) is 26.3 Å². The first-order valence-corrected chi connectivity index (χ1v) is 5.20. The van der Waals surface area contributed by atoms with Crippen LogP contribution < -0.4 is 5.32 Å². The minimum absolute atomic E-state index is 0.0308. The molecule has 80 valence electrons. The molecule has 0 saturated heterocycles. The summed E-state index contributed by atoms with van der Waals surface area (Å²) in [6, 6.07) is 3.92. The molecular formula is C11H15N3O. The smallest absolute Gasteiger partial charge is 0.322 e. The van der Waals surface area contributed by atoms with E-state index in [-0.39, 0.29) is 12.1 Å². The molecule has 1 aliphatic rings. The fourth-order valence-corrected chi connectivity index (χ4v) is 1.76. The Morgan fingerprint density at radius 3 is 3.07 bits per heavy atom. The van der Waals surface area contributed by atoms with Gasteiger partial charge in [0.1, 0.15) is 0 Å². The van der Waals surface area contributed by atoms with E-state index in [2.05, 4.69) is 10.3 Å². The number of anilines is 1. The van der Waals surface area contributed by atoms with E-state index >= 15 is 0 Å². The number of carbonyl (C=O) groups excluding carboxylic acids is 1. The van der Waals surface area contributed by atoms with Crippen LogP contribution in [-0.4, -0.2) is 28.5 Å². The Labute approximate surface area is 89.3 Å². The van der Waals surface area contributed by atoms with Gasteiger partial charge in [0.25, 0.3) is 0 Å². The Morgan fingerprint density at radius 2 is 2.33 bits per heavy atom. The van der Waals surface area contributed by atoms with E-state index in [1.807, 2.05) is 30.9 Å². The molecule has 0 bridgehead atoms. The summed E-state index contributed by atoms with van der Waals surface area (Å²) in [5.41, 5.74) is 1.81. The second-order valence-corrected chi connectivity index (χ2v) is 3.96. The van der Waals surface area contributed by atoms with Crippen molar-refractivity contribution < 1.29 is 4.79 Å². The Morgan fingerprint density at radius 1 is 1.53 bits per heavy atom. The Balaban J connectivity index is 2.26. The Bertz CT molecular complexity index is 376. The van der Waals surface area contributed by atoms with Crippen LogP contribution in [0.1, 0.15) is 19.5 Å². The van der Waals surface area contributed by atoms with Crippen LogP contribution in [0, 0.1) is 0 Å². The third-order valence-corrected chi connectivity index (χ3v) is 2.61. The van der Waals surface area contributed by atoms with Crippen LogP contribution in [0.15, 0.2) is 18.3 Å². The summed E-state index contributed by atoms with van der Waals surface area (Å²) in [6.07, 6.45) is 2.57. The fourth-order valence-electron chi connectivity index (χ4n) is 1.76. The Hall–Kier alpha value is -1.58. The van der Waals surface area contributed by atoms with Crippen molar-refractivity contribution in [3.8, 4) is 0 Å². The summed E-state index contributed by atoms with van der Waals surface area (Å²) in [7, 11) is 0. The highest BCUT2D eigenvalue weighted by atomic mass is 16.2. The topological polar surface area (TPSA) is 45.2 Å². The van der Waals surface area contributed by atoms with Gasteiger partial charge in [-0.05, 0) is 26.0 Å². The van der Waals surface area contributed by atoms with E-state index in [0.717, 1.165) is 24.3 Å². The van der Waals surface area contributed by atoms with Crippen LogP contribution in [0.5, 0.6) is 0 Å². The van der Waals surface area contributed by atoms with E-state index in [9.17, 15) is 4.79 Å². The molecule has 0 fully saturated rings. The molecule has 2 amide bonds. The summed E-state index contributed by atoms with van der Waals surface area (Å²) in [5.74, 6) is 0. The van der Waals surface area contributed by atoms with Crippen molar-refractivity contribution in [3.05, 3.63) is 24.0 Å². The molecule has 15 heavy (non-hydrogen) atoms. The van der Waals surface area contributed by atoms with Crippen molar-refractivity contribution >= 4 is 11.7 Å². The molecule has 0 spiro atoms. The van der Waals surface area contributed by atoms with Crippen LogP contribution in [0.4, 0.5) is 10.5 Å². The highest BCUT2D eigenvalue weighted by Gasteiger charge is 2.22. The van der Waals surface area contributed by atoms with Crippen molar-refractivity contribution in [1.82, 2.24) is 9.88 Å². The molecule has 2 heterocycles. The zero-order chi connectivity index (χ0) is 10.8. The minimum atomic E-state index is -0.0308. The maximum atomic E-state index is 11.8. The number of amides is 2. The molecule has 1 N–H and O–H groups in total. The molecule has 0 unspecified atom stereocenters. The lowest BCUT2D eigenvalue weighted by molar-refractivity contribution is 0.199. The number of rotatable bonds is 1. The van der Waals surface area contributed by atoms with Crippen LogP contribution in [0.3, 0.4) is 0 Å². The molecular weight excluding hydrogens is 190 g/mol. The van der Waals surface area contributed by atoms with Crippen molar-refractivity contribution in [1.29, 1.82) is 0 Å². The van der Waals surface area contributed by atoms with Gasteiger partial charge in [-0.25, -0.2) is 4.79 Å². The lowest BCUT2D eigenvalue weighted by Crippen LogP contribution is -2.39. The maximum absolute atomic E-state index is 11.8. The summed E-state index contributed by atoms with van der Waals surface area (Å²) in [6.45, 7) is 4.76. The lowest BCUT2D eigenvalue weighted by Gasteiger charge is -2.24. The molecule has 0 radical (unpaired) electrons.